The molecule has 1 aromatic heterocycles. The number of rotatable bonds is 3. The van der Waals surface area contributed by atoms with Crippen LogP contribution in [-0.2, 0) is 16.2 Å². The predicted octanol–water partition coefficient (Wildman–Crippen LogP) is 4.72. The number of aromatic amines is 1. The highest BCUT2D eigenvalue weighted by Crippen LogP contribution is 2.44. The van der Waals surface area contributed by atoms with Crippen molar-refractivity contribution in [1.29, 1.82) is 0 Å². The molecule has 142 valence electrons. The summed E-state index contributed by atoms with van der Waals surface area (Å²) in [6.07, 6.45) is -4.73. The van der Waals surface area contributed by atoms with Gasteiger partial charge in [-0.15, -0.1) is 0 Å². The molecule has 3 N–H and O–H groups in total. The highest BCUT2D eigenvalue weighted by atomic mass is 35.5. The highest BCUT2D eigenvalue weighted by Gasteiger charge is 2.38. The van der Waals surface area contributed by atoms with Gasteiger partial charge in [0.25, 0.3) is 0 Å². The van der Waals surface area contributed by atoms with Gasteiger partial charge in [0.2, 0.25) is 10.0 Å². The van der Waals surface area contributed by atoms with Crippen molar-refractivity contribution in [3.05, 3.63) is 58.2 Å². The molecule has 2 aromatic carbocycles. The Balaban J connectivity index is 2.26. The second-order valence-electron chi connectivity index (χ2n) is 5.51. The van der Waals surface area contributed by atoms with E-state index in [4.69, 9.17) is 28.3 Å². The number of nitrogens with zero attached hydrogens (tertiary/aromatic N) is 1. The van der Waals surface area contributed by atoms with Crippen molar-refractivity contribution in [1.82, 2.24) is 10.2 Å². The van der Waals surface area contributed by atoms with Crippen LogP contribution in [0.4, 0.5) is 13.2 Å². The molecule has 0 saturated carbocycles. The maximum absolute atomic E-state index is 13.5. The van der Waals surface area contributed by atoms with E-state index in [2.05, 4.69) is 5.10 Å². The Labute approximate surface area is 162 Å². The van der Waals surface area contributed by atoms with Crippen LogP contribution in [0.3, 0.4) is 0 Å². The average Bonchev–Trinajstić information content (AvgIpc) is 3.01. The Morgan fingerprint density at radius 2 is 1.67 bits per heavy atom. The number of nitrogens with one attached hydrogen (secondary N) is 1. The van der Waals surface area contributed by atoms with E-state index in [9.17, 15) is 21.6 Å². The largest absolute Gasteiger partial charge is 0.433 e. The number of benzene rings is 2. The predicted molar refractivity (Wildman–Crippen MR) is 95.9 cm³/mol. The first-order chi connectivity index (χ1) is 12.5. The van der Waals surface area contributed by atoms with Crippen molar-refractivity contribution in [2.75, 3.05) is 0 Å². The summed E-state index contributed by atoms with van der Waals surface area (Å²) in [5.41, 5.74) is -1.18. The Morgan fingerprint density at radius 3 is 2.22 bits per heavy atom. The fraction of sp³-hybridized carbons (Fsp3) is 0.0625. The smallest absolute Gasteiger partial charge is 0.272 e. The van der Waals surface area contributed by atoms with Gasteiger partial charge in [0.15, 0.2) is 0 Å². The molecule has 0 aliphatic heterocycles. The topological polar surface area (TPSA) is 88.8 Å². The summed E-state index contributed by atoms with van der Waals surface area (Å²) in [5.74, 6) is 0. The summed E-state index contributed by atoms with van der Waals surface area (Å²) < 4.78 is 63.1. The number of H-pyrrole nitrogens is 1. The fourth-order valence-corrected chi connectivity index (χ4v) is 3.41. The zero-order valence-electron chi connectivity index (χ0n) is 13.2. The lowest BCUT2D eigenvalue weighted by Crippen LogP contribution is -2.11. The molecule has 3 rings (SSSR count). The van der Waals surface area contributed by atoms with Crippen LogP contribution in [-0.4, -0.2) is 18.6 Å². The van der Waals surface area contributed by atoms with Crippen molar-refractivity contribution < 1.29 is 21.6 Å². The molecule has 0 saturated heterocycles. The highest BCUT2D eigenvalue weighted by molar-refractivity contribution is 7.89. The normalized spacial score (nSPS) is 12.4. The van der Waals surface area contributed by atoms with Crippen LogP contribution in [0.1, 0.15) is 5.69 Å². The van der Waals surface area contributed by atoms with E-state index >= 15 is 0 Å². The maximum Gasteiger partial charge on any atom is 0.433 e. The first-order valence-electron chi connectivity index (χ1n) is 7.22. The van der Waals surface area contributed by atoms with Crippen LogP contribution in [0, 0.1) is 0 Å². The van der Waals surface area contributed by atoms with Gasteiger partial charge < -0.3 is 0 Å². The molecule has 0 aliphatic rings. The molecule has 5 nitrogen and oxygen atoms in total. The SMILES string of the molecule is NS(=O)(=O)c1ccc(-c2n[nH]c(C(F)(F)F)c2-c2cc(Cl)ccc2Cl)cc1. The number of sulfonamides is 1. The van der Waals surface area contributed by atoms with Crippen molar-refractivity contribution in [3.63, 3.8) is 0 Å². The molecular formula is C16H10Cl2F3N3O2S. The van der Waals surface area contributed by atoms with E-state index in [1.807, 2.05) is 5.10 Å². The van der Waals surface area contributed by atoms with E-state index in [-0.39, 0.29) is 37.3 Å². The molecule has 0 atom stereocenters. The maximum atomic E-state index is 13.5. The van der Waals surface area contributed by atoms with Crippen molar-refractivity contribution in [2.24, 2.45) is 5.14 Å². The third kappa shape index (κ3) is 3.96. The number of nitrogens with two attached hydrogens (primary N) is 1. The standard InChI is InChI=1S/C16H10Cl2F3N3O2S/c17-9-3-6-12(18)11(7-9)13-14(23-24-15(13)16(19,20)21)8-1-4-10(5-2-8)27(22,25)26/h1-7H,(H,23,24)(H2,22,25,26). The molecule has 0 aliphatic carbocycles. The van der Waals surface area contributed by atoms with Gasteiger partial charge in [0, 0.05) is 26.7 Å². The minimum atomic E-state index is -4.73. The first-order valence-corrected chi connectivity index (χ1v) is 9.53. The molecule has 0 bridgehead atoms. The second kappa shape index (κ2) is 6.83. The molecule has 0 radical (unpaired) electrons. The lowest BCUT2D eigenvalue weighted by Gasteiger charge is -2.11. The van der Waals surface area contributed by atoms with Gasteiger partial charge in [0.1, 0.15) is 11.4 Å². The Morgan fingerprint density at radius 1 is 1.04 bits per heavy atom. The van der Waals surface area contributed by atoms with Crippen LogP contribution in [0.2, 0.25) is 10.0 Å². The van der Waals surface area contributed by atoms with E-state index < -0.39 is 21.9 Å². The number of alkyl halides is 3. The van der Waals surface area contributed by atoms with Gasteiger partial charge in [0.05, 0.1) is 4.90 Å². The van der Waals surface area contributed by atoms with Crippen LogP contribution >= 0.6 is 23.2 Å². The molecule has 1 heterocycles. The lowest BCUT2D eigenvalue weighted by molar-refractivity contribution is -0.140. The Kier molecular flexibility index (Phi) is 4.98. The van der Waals surface area contributed by atoms with Gasteiger partial charge in [-0.05, 0) is 30.3 Å². The van der Waals surface area contributed by atoms with Gasteiger partial charge in [-0.25, -0.2) is 13.6 Å². The molecule has 0 amide bonds. The minimum absolute atomic E-state index is 0.0377. The van der Waals surface area contributed by atoms with Crippen molar-refractivity contribution >= 4 is 33.2 Å². The summed E-state index contributed by atoms with van der Waals surface area (Å²) >= 11 is 12.0. The van der Waals surface area contributed by atoms with Gasteiger partial charge >= 0.3 is 6.18 Å². The third-order valence-electron chi connectivity index (χ3n) is 3.70. The van der Waals surface area contributed by atoms with Crippen molar-refractivity contribution in [3.8, 4) is 22.4 Å². The molecule has 0 fully saturated rings. The molecule has 0 spiro atoms. The van der Waals surface area contributed by atoms with Crippen LogP contribution in [0.5, 0.6) is 0 Å². The molecule has 11 heteroatoms. The molecule has 0 unspecified atom stereocenters. The van der Waals surface area contributed by atoms with E-state index in [0.717, 1.165) is 0 Å². The summed E-state index contributed by atoms with van der Waals surface area (Å²) in [5, 5.41) is 11.0. The number of hydrogen-bond acceptors (Lipinski definition) is 3. The molecular weight excluding hydrogens is 426 g/mol. The Hall–Kier alpha value is -2.07. The van der Waals surface area contributed by atoms with Gasteiger partial charge in [-0.2, -0.15) is 18.3 Å². The summed E-state index contributed by atoms with van der Waals surface area (Å²) in [4.78, 5) is -0.180. The summed E-state index contributed by atoms with van der Waals surface area (Å²) in [7, 11) is -3.94. The minimum Gasteiger partial charge on any atom is -0.272 e. The summed E-state index contributed by atoms with van der Waals surface area (Å²) in [6, 6.07) is 9.08. The van der Waals surface area contributed by atoms with E-state index in [1.165, 1.54) is 42.5 Å². The second-order valence-corrected chi connectivity index (χ2v) is 7.92. The number of aromatic nitrogens is 2. The fourth-order valence-electron chi connectivity index (χ4n) is 2.51. The zero-order chi connectivity index (χ0) is 20.0. The number of hydrogen-bond donors (Lipinski definition) is 2. The van der Waals surface area contributed by atoms with E-state index in [1.54, 1.807) is 0 Å². The summed E-state index contributed by atoms with van der Waals surface area (Å²) in [6.45, 7) is 0. The van der Waals surface area contributed by atoms with Crippen molar-refractivity contribution in [2.45, 2.75) is 11.1 Å². The number of halogens is 5. The van der Waals surface area contributed by atoms with E-state index in [0.29, 0.717) is 0 Å². The average molecular weight is 436 g/mol. The van der Waals surface area contributed by atoms with Crippen LogP contribution < -0.4 is 5.14 Å². The Bertz CT molecular complexity index is 1110. The van der Waals surface area contributed by atoms with Crippen LogP contribution in [0.15, 0.2) is 47.4 Å². The molecule has 27 heavy (non-hydrogen) atoms. The zero-order valence-corrected chi connectivity index (χ0v) is 15.5. The van der Waals surface area contributed by atoms with Gasteiger partial charge in [-0.1, -0.05) is 35.3 Å². The lowest BCUT2D eigenvalue weighted by atomic mass is 9.98. The van der Waals surface area contributed by atoms with Crippen LogP contribution in [0.25, 0.3) is 22.4 Å². The molecule has 3 aromatic rings. The third-order valence-corrected chi connectivity index (χ3v) is 5.20. The number of primary sulfonamides is 1. The quantitative estimate of drug-likeness (QED) is 0.623. The first kappa shape index (κ1) is 19.7. The van der Waals surface area contributed by atoms with Gasteiger partial charge in [-0.3, -0.25) is 5.10 Å². The monoisotopic (exact) mass is 435 g/mol.